The molecule has 38 heavy (non-hydrogen) atoms. The third kappa shape index (κ3) is 6.92. The van der Waals surface area contributed by atoms with Crippen LogP contribution in [0, 0.1) is 0 Å². The zero-order valence-electron chi connectivity index (χ0n) is 20.7. The standard InChI is InChI=1S/C29H27ClN2O5S/c1-36-27-17-16-24(20-25(27)30)38(34,35)32(19-18-22-10-4-2-5-11-22)21-29(33)31-26-14-8-9-15-28(26)37-23-12-6-3-7-13-23/h2-17,20H,18-19,21H2,1H3,(H,31,33). The van der Waals surface area contributed by atoms with Crippen molar-refractivity contribution in [2.45, 2.75) is 11.3 Å². The first-order chi connectivity index (χ1) is 18.4. The van der Waals surface area contributed by atoms with Crippen molar-refractivity contribution >= 4 is 33.2 Å². The summed E-state index contributed by atoms with van der Waals surface area (Å²) in [6, 6.07) is 29.8. The lowest BCUT2D eigenvalue weighted by Gasteiger charge is -2.22. The minimum atomic E-state index is -4.06. The maximum Gasteiger partial charge on any atom is 0.243 e. The third-order valence-electron chi connectivity index (χ3n) is 5.71. The summed E-state index contributed by atoms with van der Waals surface area (Å²) in [6.45, 7) is -0.315. The van der Waals surface area contributed by atoms with Gasteiger partial charge in [0, 0.05) is 6.54 Å². The molecule has 0 heterocycles. The molecule has 0 aliphatic rings. The smallest absolute Gasteiger partial charge is 0.243 e. The molecule has 0 radical (unpaired) electrons. The number of carbonyl (C=O) groups is 1. The number of nitrogens with one attached hydrogen (secondary N) is 1. The minimum Gasteiger partial charge on any atom is -0.495 e. The summed E-state index contributed by atoms with van der Waals surface area (Å²) in [5.41, 5.74) is 1.37. The van der Waals surface area contributed by atoms with Gasteiger partial charge in [0.05, 0.1) is 29.3 Å². The molecule has 0 aromatic heterocycles. The number of amides is 1. The molecular formula is C29H27ClN2O5S. The number of sulfonamides is 1. The summed E-state index contributed by atoms with van der Waals surface area (Å²) < 4.78 is 39.5. The number of rotatable bonds is 11. The van der Waals surface area contributed by atoms with E-state index in [0.717, 1.165) is 9.87 Å². The maximum absolute atomic E-state index is 13.6. The van der Waals surface area contributed by atoms with Gasteiger partial charge < -0.3 is 14.8 Å². The van der Waals surface area contributed by atoms with E-state index in [1.54, 1.807) is 36.4 Å². The Balaban J connectivity index is 1.56. The number of benzene rings is 4. The van der Waals surface area contributed by atoms with Crippen LogP contribution >= 0.6 is 11.6 Å². The number of nitrogens with zero attached hydrogens (tertiary/aromatic N) is 1. The zero-order valence-corrected chi connectivity index (χ0v) is 22.3. The van der Waals surface area contributed by atoms with Gasteiger partial charge in [-0.25, -0.2) is 8.42 Å². The molecule has 0 bridgehead atoms. The van der Waals surface area contributed by atoms with E-state index in [4.69, 9.17) is 21.1 Å². The van der Waals surface area contributed by atoms with Crippen molar-refractivity contribution < 1.29 is 22.7 Å². The van der Waals surface area contributed by atoms with Crippen LogP contribution in [0.2, 0.25) is 5.02 Å². The summed E-state index contributed by atoms with van der Waals surface area (Å²) in [6.07, 6.45) is 0.422. The van der Waals surface area contributed by atoms with Crippen molar-refractivity contribution in [1.29, 1.82) is 0 Å². The van der Waals surface area contributed by atoms with Gasteiger partial charge in [0.15, 0.2) is 5.75 Å². The number of halogens is 1. The average molecular weight is 551 g/mol. The summed E-state index contributed by atoms with van der Waals surface area (Å²) in [5, 5.41) is 2.96. The van der Waals surface area contributed by atoms with Crippen LogP contribution in [0.5, 0.6) is 17.2 Å². The van der Waals surface area contributed by atoms with Gasteiger partial charge in [-0.05, 0) is 54.4 Å². The van der Waals surface area contributed by atoms with Gasteiger partial charge in [-0.3, -0.25) is 4.79 Å². The Kier molecular flexibility index (Phi) is 9.02. The van der Waals surface area contributed by atoms with Crippen molar-refractivity contribution in [2.75, 3.05) is 25.5 Å². The lowest BCUT2D eigenvalue weighted by molar-refractivity contribution is -0.116. The molecule has 0 fully saturated rings. The molecule has 0 atom stereocenters. The van der Waals surface area contributed by atoms with E-state index < -0.39 is 22.5 Å². The Morgan fingerprint density at radius 1 is 0.868 bits per heavy atom. The van der Waals surface area contributed by atoms with Gasteiger partial charge in [-0.2, -0.15) is 4.31 Å². The van der Waals surface area contributed by atoms with Crippen LogP contribution < -0.4 is 14.8 Å². The van der Waals surface area contributed by atoms with Gasteiger partial charge in [0.1, 0.15) is 11.5 Å². The van der Waals surface area contributed by atoms with Crippen molar-refractivity contribution in [1.82, 2.24) is 4.31 Å². The van der Waals surface area contributed by atoms with Crippen LogP contribution in [-0.2, 0) is 21.2 Å². The number of hydrogen-bond acceptors (Lipinski definition) is 5. The number of methoxy groups -OCH3 is 1. The summed E-state index contributed by atoms with van der Waals surface area (Å²) in [7, 11) is -2.61. The Bertz CT molecular complexity index is 1480. The number of para-hydroxylation sites is 3. The first-order valence-electron chi connectivity index (χ1n) is 11.9. The van der Waals surface area contributed by atoms with E-state index >= 15 is 0 Å². The van der Waals surface area contributed by atoms with Crippen LogP contribution in [0.25, 0.3) is 0 Å². The maximum atomic E-state index is 13.6. The van der Waals surface area contributed by atoms with Crippen LogP contribution in [0.3, 0.4) is 0 Å². The lowest BCUT2D eigenvalue weighted by atomic mass is 10.1. The molecule has 4 rings (SSSR count). The number of hydrogen-bond donors (Lipinski definition) is 1. The third-order valence-corrected chi connectivity index (χ3v) is 7.84. The minimum absolute atomic E-state index is 0.0306. The first-order valence-corrected chi connectivity index (χ1v) is 13.7. The molecule has 0 aliphatic carbocycles. The summed E-state index contributed by atoms with van der Waals surface area (Å²) in [4.78, 5) is 13.1. The highest BCUT2D eigenvalue weighted by Gasteiger charge is 2.27. The summed E-state index contributed by atoms with van der Waals surface area (Å²) >= 11 is 6.21. The second-order valence-electron chi connectivity index (χ2n) is 8.33. The van der Waals surface area contributed by atoms with E-state index in [-0.39, 0.29) is 16.5 Å². The SMILES string of the molecule is COc1ccc(S(=O)(=O)N(CCc2ccccc2)CC(=O)Nc2ccccc2Oc2ccccc2)cc1Cl. The molecular weight excluding hydrogens is 524 g/mol. The predicted octanol–water partition coefficient (Wildman–Crippen LogP) is 6.01. The van der Waals surface area contributed by atoms with Crippen molar-refractivity contribution in [3.63, 3.8) is 0 Å². The molecule has 4 aromatic rings. The fourth-order valence-corrected chi connectivity index (χ4v) is 5.51. The predicted molar refractivity (Wildman–Crippen MR) is 148 cm³/mol. The Labute approximate surface area is 227 Å². The molecule has 0 aliphatic heterocycles. The first kappa shape index (κ1) is 27.2. The molecule has 1 amide bonds. The highest BCUT2D eigenvalue weighted by Crippen LogP contribution is 2.30. The van der Waals surface area contributed by atoms with E-state index in [1.165, 1.54) is 25.3 Å². The second kappa shape index (κ2) is 12.6. The molecule has 4 aromatic carbocycles. The van der Waals surface area contributed by atoms with E-state index in [1.807, 2.05) is 48.5 Å². The highest BCUT2D eigenvalue weighted by atomic mass is 35.5. The van der Waals surface area contributed by atoms with Crippen molar-refractivity contribution in [3.8, 4) is 17.2 Å². The molecule has 0 unspecified atom stereocenters. The van der Waals surface area contributed by atoms with E-state index in [2.05, 4.69) is 5.32 Å². The van der Waals surface area contributed by atoms with Crippen LogP contribution in [0.15, 0.2) is 108 Å². The topological polar surface area (TPSA) is 84.9 Å². The fourth-order valence-electron chi connectivity index (χ4n) is 3.76. The number of ether oxygens (including phenoxy) is 2. The lowest BCUT2D eigenvalue weighted by Crippen LogP contribution is -2.39. The van der Waals surface area contributed by atoms with Crippen molar-refractivity contribution in [3.05, 3.63) is 114 Å². The molecule has 7 nitrogen and oxygen atoms in total. The molecule has 1 N–H and O–H groups in total. The zero-order chi connectivity index (χ0) is 27.0. The van der Waals surface area contributed by atoms with Crippen molar-refractivity contribution in [2.24, 2.45) is 0 Å². The number of anilines is 1. The Morgan fingerprint density at radius 2 is 1.53 bits per heavy atom. The average Bonchev–Trinajstić information content (AvgIpc) is 2.93. The normalized spacial score (nSPS) is 11.2. The van der Waals surface area contributed by atoms with Gasteiger partial charge >= 0.3 is 0 Å². The molecule has 0 saturated carbocycles. The quantitative estimate of drug-likeness (QED) is 0.247. The fraction of sp³-hybridized carbons (Fsp3) is 0.138. The summed E-state index contributed by atoms with van der Waals surface area (Å²) in [5.74, 6) is 0.893. The monoisotopic (exact) mass is 550 g/mol. The molecule has 0 saturated heterocycles. The number of carbonyl (C=O) groups excluding carboxylic acids is 1. The van der Waals surface area contributed by atoms with E-state index in [9.17, 15) is 13.2 Å². The second-order valence-corrected chi connectivity index (χ2v) is 10.7. The Morgan fingerprint density at radius 3 is 2.21 bits per heavy atom. The van der Waals surface area contributed by atoms with Gasteiger partial charge in [-0.15, -0.1) is 0 Å². The Hall–Kier alpha value is -3.85. The molecule has 9 heteroatoms. The van der Waals surface area contributed by atoms with Crippen LogP contribution in [0.4, 0.5) is 5.69 Å². The van der Waals surface area contributed by atoms with Crippen LogP contribution in [-0.4, -0.2) is 38.8 Å². The van der Waals surface area contributed by atoms with Gasteiger partial charge in [0.25, 0.3) is 0 Å². The molecule has 0 spiro atoms. The molecule has 196 valence electrons. The van der Waals surface area contributed by atoms with Crippen LogP contribution in [0.1, 0.15) is 5.56 Å². The van der Waals surface area contributed by atoms with Gasteiger partial charge in [-0.1, -0.05) is 72.3 Å². The highest BCUT2D eigenvalue weighted by molar-refractivity contribution is 7.89. The van der Waals surface area contributed by atoms with Gasteiger partial charge in [0.2, 0.25) is 15.9 Å². The largest absolute Gasteiger partial charge is 0.495 e. The van der Waals surface area contributed by atoms with E-state index in [0.29, 0.717) is 29.4 Å².